The van der Waals surface area contributed by atoms with Crippen LogP contribution in [0.1, 0.15) is 46.5 Å². The predicted molar refractivity (Wildman–Crippen MR) is 106 cm³/mol. The zero-order chi connectivity index (χ0) is 19.9. The first kappa shape index (κ1) is 19.7. The van der Waals surface area contributed by atoms with Gasteiger partial charge >= 0.3 is 0 Å². The lowest BCUT2D eigenvalue weighted by Crippen LogP contribution is -2.32. The second kappa shape index (κ2) is 9.21. The molecule has 1 aromatic carbocycles. The molecule has 1 aromatic heterocycles. The van der Waals surface area contributed by atoms with Crippen LogP contribution in [-0.4, -0.2) is 49.0 Å². The second-order valence-electron chi connectivity index (χ2n) is 6.66. The van der Waals surface area contributed by atoms with Crippen LogP contribution in [0.2, 0.25) is 0 Å². The predicted octanol–water partition coefficient (Wildman–Crippen LogP) is 3.37. The van der Waals surface area contributed by atoms with Gasteiger partial charge in [0.2, 0.25) is 0 Å². The molecule has 0 saturated carbocycles. The number of carbonyl (C=O) groups excluding carboxylic acids is 2. The van der Waals surface area contributed by atoms with Crippen molar-refractivity contribution in [2.24, 2.45) is 0 Å². The molecular weight excluding hydrogens is 358 g/mol. The monoisotopic (exact) mass is 383 g/mol. The van der Waals surface area contributed by atoms with Gasteiger partial charge in [0.1, 0.15) is 17.2 Å². The van der Waals surface area contributed by atoms with Crippen molar-refractivity contribution in [3.8, 4) is 11.5 Å². The van der Waals surface area contributed by atoms with Crippen molar-refractivity contribution in [2.75, 3.05) is 32.6 Å². The summed E-state index contributed by atoms with van der Waals surface area (Å²) < 4.78 is 10.5. The van der Waals surface area contributed by atoms with Crippen LogP contribution in [-0.2, 0) is 0 Å². The molecule has 2 aromatic rings. The summed E-state index contributed by atoms with van der Waals surface area (Å²) in [7, 11) is 3.07. The fourth-order valence-electron chi connectivity index (χ4n) is 3.24. The first-order chi connectivity index (χ1) is 13.6. The van der Waals surface area contributed by atoms with Crippen molar-refractivity contribution in [1.29, 1.82) is 0 Å². The zero-order valence-corrected chi connectivity index (χ0v) is 16.2. The summed E-state index contributed by atoms with van der Waals surface area (Å²) in [5, 5.41) is 2.78. The number of likely N-dealkylation sites (tertiary alicyclic amines) is 1. The van der Waals surface area contributed by atoms with Gasteiger partial charge in [-0.2, -0.15) is 0 Å². The van der Waals surface area contributed by atoms with Crippen LogP contribution >= 0.6 is 0 Å². The molecule has 28 heavy (non-hydrogen) atoms. The smallest absolute Gasteiger partial charge is 0.274 e. The summed E-state index contributed by atoms with van der Waals surface area (Å²) in [6.45, 7) is 1.51. The number of aromatic nitrogens is 1. The standard InChI is InChI=1S/C21H25N3O4/c1-27-16-7-8-19(28-2)17(14-16)23-20(25)18-13-15(9-10-22-18)21(26)24-11-5-3-4-6-12-24/h7-10,13-14H,3-6,11-12H2,1-2H3,(H,23,25). The molecule has 7 heteroatoms. The van der Waals surface area contributed by atoms with E-state index in [1.807, 2.05) is 4.90 Å². The molecule has 0 unspecified atom stereocenters. The molecule has 148 valence electrons. The number of benzene rings is 1. The Morgan fingerprint density at radius 2 is 1.75 bits per heavy atom. The van der Waals surface area contributed by atoms with E-state index in [4.69, 9.17) is 9.47 Å². The SMILES string of the molecule is COc1ccc(OC)c(NC(=O)c2cc(C(=O)N3CCCCCC3)ccn2)c1. The Kier molecular flexibility index (Phi) is 6.47. The van der Waals surface area contributed by atoms with Crippen LogP contribution < -0.4 is 14.8 Å². The lowest BCUT2D eigenvalue weighted by atomic mass is 10.2. The Morgan fingerprint density at radius 3 is 2.43 bits per heavy atom. The van der Waals surface area contributed by atoms with E-state index < -0.39 is 5.91 Å². The summed E-state index contributed by atoms with van der Waals surface area (Å²) in [5.41, 5.74) is 1.11. The van der Waals surface area contributed by atoms with E-state index in [9.17, 15) is 9.59 Å². The van der Waals surface area contributed by atoms with Gasteiger partial charge in [-0.25, -0.2) is 0 Å². The summed E-state index contributed by atoms with van der Waals surface area (Å²) in [5.74, 6) is 0.620. The first-order valence-electron chi connectivity index (χ1n) is 9.41. The van der Waals surface area contributed by atoms with E-state index in [-0.39, 0.29) is 11.6 Å². The minimum absolute atomic E-state index is 0.0580. The van der Waals surface area contributed by atoms with Gasteiger partial charge in [0.15, 0.2) is 0 Å². The maximum Gasteiger partial charge on any atom is 0.274 e. The number of carbonyl (C=O) groups is 2. The molecule has 1 N–H and O–H groups in total. The van der Waals surface area contributed by atoms with Crippen LogP contribution in [0, 0.1) is 0 Å². The molecule has 1 fully saturated rings. The highest BCUT2D eigenvalue weighted by molar-refractivity contribution is 6.05. The van der Waals surface area contributed by atoms with Crippen molar-refractivity contribution in [1.82, 2.24) is 9.88 Å². The van der Waals surface area contributed by atoms with Gasteiger partial charge in [0.05, 0.1) is 19.9 Å². The van der Waals surface area contributed by atoms with Gasteiger partial charge in [0.25, 0.3) is 11.8 Å². The first-order valence-corrected chi connectivity index (χ1v) is 9.41. The van der Waals surface area contributed by atoms with E-state index in [1.54, 1.807) is 31.4 Å². The average molecular weight is 383 g/mol. The highest BCUT2D eigenvalue weighted by Gasteiger charge is 2.19. The van der Waals surface area contributed by atoms with E-state index in [0.717, 1.165) is 38.8 Å². The number of nitrogens with zero attached hydrogens (tertiary/aromatic N) is 2. The molecule has 1 saturated heterocycles. The Labute approximate surface area is 164 Å². The van der Waals surface area contributed by atoms with Crippen LogP contribution in [0.25, 0.3) is 0 Å². The summed E-state index contributed by atoms with van der Waals surface area (Å²) in [4.78, 5) is 31.5. The van der Waals surface area contributed by atoms with Gasteiger partial charge < -0.3 is 19.7 Å². The number of hydrogen-bond donors (Lipinski definition) is 1. The minimum atomic E-state index is -0.419. The van der Waals surface area contributed by atoms with Crippen LogP contribution in [0.4, 0.5) is 5.69 Å². The summed E-state index contributed by atoms with van der Waals surface area (Å²) in [6, 6.07) is 8.31. The average Bonchev–Trinajstić information content (AvgIpc) is 3.02. The third kappa shape index (κ3) is 4.60. The Balaban J connectivity index is 1.78. The van der Waals surface area contributed by atoms with Crippen molar-refractivity contribution in [3.05, 3.63) is 47.8 Å². The fraction of sp³-hybridized carbons (Fsp3) is 0.381. The van der Waals surface area contributed by atoms with Crippen molar-refractivity contribution < 1.29 is 19.1 Å². The number of amides is 2. The Bertz CT molecular complexity index is 845. The molecule has 0 spiro atoms. The topological polar surface area (TPSA) is 80.8 Å². The molecule has 1 aliphatic rings. The van der Waals surface area contributed by atoms with Crippen LogP contribution in [0.5, 0.6) is 11.5 Å². The molecule has 2 amide bonds. The molecule has 7 nitrogen and oxygen atoms in total. The van der Waals surface area contributed by atoms with E-state index in [1.165, 1.54) is 19.4 Å². The molecule has 0 bridgehead atoms. The third-order valence-corrected chi connectivity index (χ3v) is 4.79. The zero-order valence-electron chi connectivity index (χ0n) is 16.2. The van der Waals surface area contributed by atoms with Crippen molar-refractivity contribution >= 4 is 17.5 Å². The number of nitrogens with one attached hydrogen (secondary N) is 1. The minimum Gasteiger partial charge on any atom is -0.497 e. The maximum atomic E-state index is 12.8. The molecule has 3 rings (SSSR count). The molecule has 2 heterocycles. The molecular formula is C21H25N3O4. The Hall–Kier alpha value is -3.09. The van der Waals surface area contributed by atoms with E-state index in [0.29, 0.717) is 22.7 Å². The lowest BCUT2D eigenvalue weighted by Gasteiger charge is -2.20. The highest BCUT2D eigenvalue weighted by atomic mass is 16.5. The normalized spacial score (nSPS) is 14.1. The number of rotatable bonds is 5. The van der Waals surface area contributed by atoms with Crippen LogP contribution in [0.3, 0.4) is 0 Å². The lowest BCUT2D eigenvalue weighted by molar-refractivity contribution is 0.0761. The van der Waals surface area contributed by atoms with Crippen LogP contribution in [0.15, 0.2) is 36.5 Å². The molecule has 1 aliphatic heterocycles. The number of anilines is 1. The molecule has 0 aliphatic carbocycles. The van der Waals surface area contributed by atoms with Gasteiger partial charge in [-0.3, -0.25) is 14.6 Å². The number of ether oxygens (including phenoxy) is 2. The molecule has 0 atom stereocenters. The fourth-order valence-corrected chi connectivity index (χ4v) is 3.24. The Morgan fingerprint density at radius 1 is 1.00 bits per heavy atom. The quantitative estimate of drug-likeness (QED) is 0.856. The number of hydrogen-bond acceptors (Lipinski definition) is 5. The van der Waals surface area contributed by atoms with Crippen molar-refractivity contribution in [3.63, 3.8) is 0 Å². The van der Waals surface area contributed by atoms with E-state index >= 15 is 0 Å². The highest BCUT2D eigenvalue weighted by Crippen LogP contribution is 2.29. The van der Waals surface area contributed by atoms with Gasteiger partial charge in [-0.15, -0.1) is 0 Å². The second-order valence-corrected chi connectivity index (χ2v) is 6.66. The maximum absolute atomic E-state index is 12.8. The van der Waals surface area contributed by atoms with Crippen molar-refractivity contribution in [2.45, 2.75) is 25.7 Å². The number of pyridine rings is 1. The largest absolute Gasteiger partial charge is 0.497 e. The number of methoxy groups -OCH3 is 2. The van der Waals surface area contributed by atoms with E-state index in [2.05, 4.69) is 10.3 Å². The van der Waals surface area contributed by atoms with Gasteiger partial charge in [-0.1, -0.05) is 12.8 Å². The van der Waals surface area contributed by atoms with Gasteiger partial charge in [-0.05, 0) is 37.1 Å². The molecule has 0 radical (unpaired) electrons. The third-order valence-electron chi connectivity index (χ3n) is 4.79. The summed E-state index contributed by atoms with van der Waals surface area (Å²) in [6.07, 6.45) is 5.81. The summed E-state index contributed by atoms with van der Waals surface area (Å²) >= 11 is 0. The van der Waals surface area contributed by atoms with Gasteiger partial charge in [0, 0.05) is 30.9 Å².